The van der Waals surface area contributed by atoms with Crippen LogP contribution in [0.3, 0.4) is 0 Å². The number of esters is 1. The molecular weight excluding hydrogens is 296 g/mol. The van der Waals surface area contributed by atoms with Crippen LogP contribution in [-0.2, 0) is 14.3 Å². The Labute approximate surface area is 127 Å². The largest absolute Gasteiger partial charge is 0.469 e. The summed E-state index contributed by atoms with van der Waals surface area (Å²) >= 11 is 3.13. The summed E-state index contributed by atoms with van der Waals surface area (Å²) < 4.78 is 4.67. The van der Waals surface area contributed by atoms with Crippen LogP contribution in [0.1, 0.15) is 23.8 Å². The molecule has 0 fully saturated rings. The summed E-state index contributed by atoms with van der Waals surface area (Å²) in [6.07, 6.45) is 2.69. The molecule has 0 saturated carbocycles. The van der Waals surface area contributed by atoms with E-state index in [0.29, 0.717) is 6.42 Å². The van der Waals surface area contributed by atoms with Crippen LogP contribution in [-0.4, -0.2) is 37.0 Å². The highest BCUT2D eigenvalue weighted by molar-refractivity contribution is 7.98. The predicted octanol–water partition coefficient (Wildman–Crippen LogP) is 1.55. The zero-order valence-corrected chi connectivity index (χ0v) is 13.3. The highest BCUT2D eigenvalue weighted by atomic mass is 32.2. The van der Waals surface area contributed by atoms with Crippen molar-refractivity contribution in [2.45, 2.75) is 24.9 Å². The van der Waals surface area contributed by atoms with Gasteiger partial charge in [-0.15, -0.1) is 11.3 Å². The third kappa shape index (κ3) is 5.52. The van der Waals surface area contributed by atoms with Gasteiger partial charge in [-0.1, -0.05) is 6.07 Å². The fraction of sp³-hybridized carbons (Fsp3) is 0.538. The number of nitrogens with one attached hydrogen (secondary N) is 1. The van der Waals surface area contributed by atoms with Crippen molar-refractivity contribution in [2.24, 2.45) is 5.73 Å². The Hall–Kier alpha value is -1.05. The number of thiophene rings is 1. The van der Waals surface area contributed by atoms with E-state index in [1.807, 2.05) is 23.8 Å². The van der Waals surface area contributed by atoms with E-state index in [0.717, 1.165) is 10.6 Å². The summed E-state index contributed by atoms with van der Waals surface area (Å²) in [5.41, 5.74) is 5.83. The van der Waals surface area contributed by atoms with Gasteiger partial charge < -0.3 is 15.8 Å². The van der Waals surface area contributed by atoms with E-state index in [-0.39, 0.29) is 24.3 Å². The molecule has 1 unspecified atom stereocenters. The number of thioether (sulfide) groups is 1. The summed E-state index contributed by atoms with van der Waals surface area (Å²) in [7, 11) is 1.33. The molecule has 1 amide bonds. The molecule has 1 rings (SSSR count). The predicted molar refractivity (Wildman–Crippen MR) is 82.8 cm³/mol. The first-order chi connectivity index (χ1) is 9.58. The number of hydrogen-bond acceptors (Lipinski definition) is 6. The lowest BCUT2D eigenvalue weighted by molar-refractivity contribution is -0.141. The van der Waals surface area contributed by atoms with Crippen molar-refractivity contribution in [1.29, 1.82) is 0 Å². The Morgan fingerprint density at radius 1 is 1.55 bits per heavy atom. The molecule has 20 heavy (non-hydrogen) atoms. The number of carbonyl (C=O) groups excluding carboxylic acids is 2. The highest BCUT2D eigenvalue weighted by Crippen LogP contribution is 2.22. The van der Waals surface area contributed by atoms with E-state index in [9.17, 15) is 9.59 Å². The Morgan fingerprint density at radius 2 is 2.30 bits per heavy atom. The van der Waals surface area contributed by atoms with Crippen LogP contribution in [0.25, 0.3) is 0 Å². The molecule has 0 aliphatic rings. The van der Waals surface area contributed by atoms with E-state index in [1.54, 1.807) is 11.8 Å². The van der Waals surface area contributed by atoms with E-state index < -0.39 is 6.04 Å². The second kappa shape index (κ2) is 8.99. The topological polar surface area (TPSA) is 81.4 Å². The Balaban J connectivity index is 2.65. The number of amides is 1. The van der Waals surface area contributed by atoms with E-state index >= 15 is 0 Å². The van der Waals surface area contributed by atoms with Crippen molar-refractivity contribution >= 4 is 35.0 Å². The fourth-order valence-electron chi connectivity index (χ4n) is 1.62. The van der Waals surface area contributed by atoms with Crippen LogP contribution in [0.4, 0.5) is 0 Å². The van der Waals surface area contributed by atoms with Crippen molar-refractivity contribution in [3.8, 4) is 0 Å². The minimum absolute atomic E-state index is 0.109. The van der Waals surface area contributed by atoms with Crippen molar-refractivity contribution in [1.82, 2.24) is 5.32 Å². The Bertz CT molecular complexity index is 423. The maximum atomic E-state index is 12.0. The van der Waals surface area contributed by atoms with Gasteiger partial charge in [0.15, 0.2) is 0 Å². The average molecular weight is 316 g/mol. The Morgan fingerprint density at radius 3 is 2.85 bits per heavy atom. The zero-order valence-electron chi connectivity index (χ0n) is 11.6. The number of ether oxygens (including phenoxy) is 1. The summed E-state index contributed by atoms with van der Waals surface area (Å²) in [6, 6.07) is 2.83. The molecule has 0 aliphatic carbocycles. The van der Waals surface area contributed by atoms with Crippen LogP contribution in [0, 0.1) is 0 Å². The molecule has 7 heteroatoms. The maximum Gasteiger partial charge on any atom is 0.307 e. The van der Waals surface area contributed by atoms with Crippen molar-refractivity contribution in [3.05, 3.63) is 22.4 Å². The van der Waals surface area contributed by atoms with Gasteiger partial charge in [0.1, 0.15) is 0 Å². The smallest absolute Gasteiger partial charge is 0.307 e. The summed E-state index contributed by atoms with van der Waals surface area (Å²) in [5.74, 6) is 0.234. The first kappa shape index (κ1) is 17.0. The lowest BCUT2D eigenvalue weighted by Crippen LogP contribution is -2.43. The summed E-state index contributed by atoms with van der Waals surface area (Å²) in [6.45, 7) is 0. The quantitative estimate of drug-likeness (QED) is 0.711. The van der Waals surface area contributed by atoms with Crippen LogP contribution in [0.15, 0.2) is 17.5 Å². The Kier molecular flexibility index (Phi) is 7.64. The molecule has 2 atom stereocenters. The SMILES string of the molecule is COC(=O)CC(NC(=O)[C@H](N)CCSC)c1cccs1. The highest BCUT2D eigenvalue weighted by Gasteiger charge is 2.22. The fourth-order valence-corrected chi connectivity index (χ4v) is 2.88. The normalized spacial score (nSPS) is 13.6. The molecule has 0 aliphatic heterocycles. The average Bonchev–Trinajstić information content (AvgIpc) is 2.97. The van der Waals surface area contributed by atoms with Crippen molar-refractivity contribution in [2.75, 3.05) is 19.1 Å². The van der Waals surface area contributed by atoms with Gasteiger partial charge in [-0.05, 0) is 29.9 Å². The van der Waals surface area contributed by atoms with Crippen molar-refractivity contribution in [3.63, 3.8) is 0 Å². The van der Waals surface area contributed by atoms with Crippen LogP contribution in [0.2, 0.25) is 0 Å². The van der Waals surface area contributed by atoms with Crippen molar-refractivity contribution < 1.29 is 14.3 Å². The second-order valence-electron chi connectivity index (χ2n) is 4.24. The molecule has 3 N–H and O–H groups in total. The van der Waals surface area contributed by atoms with Crippen LogP contribution < -0.4 is 11.1 Å². The molecule has 1 aromatic rings. The molecule has 0 bridgehead atoms. The first-order valence-corrected chi connectivity index (χ1v) is 8.51. The monoisotopic (exact) mass is 316 g/mol. The maximum absolute atomic E-state index is 12.0. The molecule has 0 radical (unpaired) electrons. The van der Waals surface area contributed by atoms with Gasteiger partial charge in [-0.25, -0.2) is 0 Å². The van der Waals surface area contributed by atoms with E-state index in [4.69, 9.17) is 5.73 Å². The molecular formula is C13H20N2O3S2. The third-order valence-corrected chi connectivity index (χ3v) is 4.40. The van der Waals surface area contributed by atoms with Gasteiger partial charge in [-0.2, -0.15) is 11.8 Å². The zero-order chi connectivity index (χ0) is 15.0. The number of carbonyl (C=O) groups is 2. The van der Waals surface area contributed by atoms with E-state index in [2.05, 4.69) is 10.1 Å². The standard InChI is InChI=1S/C13H20N2O3S2/c1-18-12(16)8-10(11-4-3-6-20-11)15-13(17)9(14)5-7-19-2/h3-4,6,9-10H,5,7-8,14H2,1-2H3,(H,15,17)/t9-,10?/m1/s1. The number of nitrogens with two attached hydrogens (primary N) is 1. The lowest BCUT2D eigenvalue weighted by Gasteiger charge is -2.19. The minimum Gasteiger partial charge on any atom is -0.469 e. The van der Waals surface area contributed by atoms with Gasteiger partial charge >= 0.3 is 5.97 Å². The van der Waals surface area contributed by atoms with Gasteiger partial charge in [0.2, 0.25) is 5.91 Å². The van der Waals surface area contributed by atoms with Crippen LogP contribution in [0.5, 0.6) is 0 Å². The third-order valence-electron chi connectivity index (χ3n) is 2.77. The number of hydrogen-bond donors (Lipinski definition) is 2. The van der Waals surface area contributed by atoms with Gasteiger partial charge in [-0.3, -0.25) is 9.59 Å². The van der Waals surface area contributed by atoms with Crippen LogP contribution >= 0.6 is 23.1 Å². The number of rotatable bonds is 8. The molecule has 112 valence electrons. The van der Waals surface area contributed by atoms with E-state index in [1.165, 1.54) is 18.4 Å². The molecule has 0 aromatic carbocycles. The lowest BCUT2D eigenvalue weighted by atomic mass is 10.1. The summed E-state index contributed by atoms with van der Waals surface area (Å²) in [5, 5.41) is 4.73. The summed E-state index contributed by atoms with van der Waals surface area (Å²) in [4.78, 5) is 24.4. The molecule has 1 heterocycles. The minimum atomic E-state index is -0.553. The second-order valence-corrected chi connectivity index (χ2v) is 6.21. The van der Waals surface area contributed by atoms with Gasteiger partial charge in [0.05, 0.1) is 25.6 Å². The van der Waals surface area contributed by atoms with Gasteiger partial charge in [0, 0.05) is 4.88 Å². The van der Waals surface area contributed by atoms with Gasteiger partial charge in [0.25, 0.3) is 0 Å². The molecule has 5 nitrogen and oxygen atoms in total. The first-order valence-electron chi connectivity index (χ1n) is 6.23. The molecule has 0 spiro atoms. The number of methoxy groups -OCH3 is 1. The molecule has 1 aromatic heterocycles. The molecule has 0 saturated heterocycles.